The number of hydrogen-bond donors (Lipinski definition) is 3. The van der Waals surface area contributed by atoms with E-state index in [1.54, 1.807) is 4.90 Å². The number of quaternary nitrogens is 2. The van der Waals surface area contributed by atoms with Crippen molar-refractivity contribution in [1.29, 1.82) is 0 Å². The van der Waals surface area contributed by atoms with E-state index >= 15 is 0 Å². The summed E-state index contributed by atoms with van der Waals surface area (Å²) in [7, 11) is 0. The van der Waals surface area contributed by atoms with Gasteiger partial charge in [-0.15, -0.1) is 0 Å². The standard InChI is InChI=1S/C24H33N3O/c1-4-21-10-7-11-22(5-2)24(21)25-23(28)18-27-14-12-26(13-15-27)17-20-9-6-8-19(3)16-20/h6-11,16H,4-5,12-15,17-18H2,1-3H3,(H,25,28)/p+2. The van der Waals surface area contributed by atoms with E-state index in [4.69, 9.17) is 0 Å². The SMILES string of the molecule is CCc1cccc(CC)c1NC(=O)C[NH+]1CC[NH+](Cc2cccc(C)c2)CC1. The van der Waals surface area contributed by atoms with Gasteiger partial charge in [0.1, 0.15) is 32.7 Å². The lowest BCUT2D eigenvalue weighted by Crippen LogP contribution is -3.28. The normalized spacial score (nSPS) is 19.4. The van der Waals surface area contributed by atoms with E-state index in [2.05, 4.69) is 68.6 Å². The third-order valence-corrected chi connectivity index (χ3v) is 5.87. The quantitative estimate of drug-likeness (QED) is 0.659. The summed E-state index contributed by atoms with van der Waals surface area (Å²) in [6.07, 6.45) is 1.88. The van der Waals surface area contributed by atoms with Crippen molar-refractivity contribution in [1.82, 2.24) is 0 Å². The summed E-state index contributed by atoms with van der Waals surface area (Å²) in [5.41, 5.74) is 6.25. The number of aryl methyl sites for hydroxylation is 3. The van der Waals surface area contributed by atoms with Gasteiger partial charge >= 0.3 is 0 Å². The molecule has 3 N–H and O–H groups in total. The van der Waals surface area contributed by atoms with Crippen molar-refractivity contribution in [2.45, 2.75) is 40.2 Å². The molecule has 0 aromatic heterocycles. The summed E-state index contributed by atoms with van der Waals surface area (Å²) in [4.78, 5) is 15.7. The Kier molecular flexibility index (Phi) is 7.24. The first-order valence-corrected chi connectivity index (χ1v) is 10.7. The summed E-state index contributed by atoms with van der Waals surface area (Å²) in [6, 6.07) is 15.1. The van der Waals surface area contributed by atoms with Gasteiger partial charge in [0.25, 0.3) is 5.91 Å². The number of carbonyl (C=O) groups is 1. The number of hydrogen-bond acceptors (Lipinski definition) is 1. The molecule has 4 nitrogen and oxygen atoms in total. The maximum atomic E-state index is 12.7. The maximum absolute atomic E-state index is 12.7. The number of rotatable bonds is 7. The van der Waals surface area contributed by atoms with Gasteiger partial charge in [0, 0.05) is 11.3 Å². The summed E-state index contributed by atoms with van der Waals surface area (Å²) in [6.45, 7) is 12.5. The van der Waals surface area contributed by atoms with Crippen LogP contribution < -0.4 is 15.1 Å². The first kappa shape index (κ1) is 20.6. The van der Waals surface area contributed by atoms with Crippen molar-refractivity contribution in [3.8, 4) is 0 Å². The highest BCUT2D eigenvalue weighted by molar-refractivity contribution is 5.93. The lowest BCUT2D eigenvalue weighted by molar-refractivity contribution is -1.02. The van der Waals surface area contributed by atoms with Crippen molar-refractivity contribution >= 4 is 11.6 Å². The molecule has 1 heterocycles. The lowest BCUT2D eigenvalue weighted by Gasteiger charge is -2.29. The molecule has 0 bridgehead atoms. The number of piperazine rings is 1. The van der Waals surface area contributed by atoms with Crippen LogP contribution in [0, 0.1) is 6.92 Å². The molecule has 1 aliphatic rings. The summed E-state index contributed by atoms with van der Waals surface area (Å²) < 4.78 is 0. The molecule has 1 saturated heterocycles. The molecule has 150 valence electrons. The van der Waals surface area contributed by atoms with Crippen molar-refractivity contribution < 1.29 is 14.6 Å². The Balaban J connectivity index is 1.50. The van der Waals surface area contributed by atoms with Gasteiger partial charge in [-0.3, -0.25) is 4.79 Å². The molecule has 0 radical (unpaired) electrons. The second kappa shape index (κ2) is 9.85. The van der Waals surface area contributed by atoms with Crippen LogP contribution in [-0.2, 0) is 24.2 Å². The first-order chi connectivity index (χ1) is 13.6. The van der Waals surface area contributed by atoms with E-state index in [0.29, 0.717) is 6.54 Å². The van der Waals surface area contributed by atoms with E-state index in [1.165, 1.54) is 27.2 Å². The van der Waals surface area contributed by atoms with Crippen LogP contribution in [0.15, 0.2) is 42.5 Å². The average Bonchev–Trinajstić information content (AvgIpc) is 2.69. The van der Waals surface area contributed by atoms with Crippen LogP contribution in [0.1, 0.15) is 36.1 Å². The van der Waals surface area contributed by atoms with Crippen molar-refractivity contribution in [2.24, 2.45) is 0 Å². The molecule has 0 aliphatic carbocycles. The molecular formula is C24H35N3O+2. The molecular weight excluding hydrogens is 346 g/mol. The molecule has 1 amide bonds. The van der Waals surface area contributed by atoms with Crippen LogP contribution in [0.4, 0.5) is 5.69 Å². The van der Waals surface area contributed by atoms with Gasteiger partial charge in [0.15, 0.2) is 6.54 Å². The average molecular weight is 382 g/mol. The smallest absolute Gasteiger partial charge is 0.279 e. The topological polar surface area (TPSA) is 38.0 Å². The highest BCUT2D eigenvalue weighted by atomic mass is 16.2. The predicted molar refractivity (Wildman–Crippen MR) is 115 cm³/mol. The minimum Gasteiger partial charge on any atom is -0.322 e. The first-order valence-electron chi connectivity index (χ1n) is 10.7. The fraction of sp³-hybridized carbons (Fsp3) is 0.458. The van der Waals surface area contributed by atoms with Gasteiger partial charge in [-0.05, 0) is 30.9 Å². The Bertz CT molecular complexity index is 772. The molecule has 1 fully saturated rings. The molecule has 4 heteroatoms. The minimum absolute atomic E-state index is 0.146. The van der Waals surface area contributed by atoms with Crippen LogP contribution in [0.5, 0.6) is 0 Å². The highest BCUT2D eigenvalue weighted by Gasteiger charge is 2.25. The van der Waals surface area contributed by atoms with E-state index < -0.39 is 0 Å². The van der Waals surface area contributed by atoms with E-state index in [9.17, 15) is 4.79 Å². The van der Waals surface area contributed by atoms with Crippen LogP contribution in [0.3, 0.4) is 0 Å². The zero-order chi connectivity index (χ0) is 19.9. The molecule has 28 heavy (non-hydrogen) atoms. The molecule has 1 aliphatic heterocycles. The van der Waals surface area contributed by atoms with Crippen molar-refractivity contribution in [2.75, 3.05) is 38.0 Å². The molecule has 0 spiro atoms. The van der Waals surface area contributed by atoms with Crippen LogP contribution >= 0.6 is 0 Å². The Labute approximate surface area is 169 Å². The zero-order valence-electron chi connectivity index (χ0n) is 17.6. The summed E-state index contributed by atoms with van der Waals surface area (Å²) in [5.74, 6) is 0.146. The van der Waals surface area contributed by atoms with E-state index in [0.717, 1.165) is 51.3 Å². The second-order valence-corrected chi connectivity index (χ2v) is 8.05. The molecule has 0 saturated carbocycles. The monoisotopic (exact) mass is 381 g/mol. The molecule has 3 rings (SSSR count). The van der Waals surface area contributed by atoms with Gasteiger partial charge in [0.05, 0.1) is 0 Å². The molecule has 2 aromatic carbocycles. The fourth-order valence-corrected chi connectivity index (χ4v) is 4.24. The van der Waals surface area contributed by atoms with Gasteiger partial charge in [0.2, 0.25) is 0 Å². The van der Waals surface area contributed by atoms with Crippen LogP contribution in [-0.4, -0.2) is 38.6 Å². The number of para-hydroxylation sites is 1. The highest BCUT2D eigenvalue weighted by Crippen LogP contribution is 2.22. The summed E-state index contributed by atoms with van der Waals surface area (Å²) in [5, 5.41) is 3.22. The molecule has 0 atom stereocenters. The Hall–Kier alpha value is -2.17. The van der Waals surface area contributed by atoms with Gasteiger partial charge < -0.3 is 15.1 Å². The predicted octanol–water partition coefficient (Wildman–Crippen LogP) is 1.04. The van der Waals surface area contributed by atoms with Crippen molar-refractivity contribution in [3.05, 3.63) is 64.7 Å². The number of benzene rings is 2. The maximum Gasteiger partial charge on any atom is 0.279 e. The Morgan fingerprint density at radius 2 is 1.54 bits per heavy atom. The molecule has 2 aromatic rings. The van der Waals surface area contributed by atoms with Gasteiger partial charge in [-0.1, -0.05) is 61.9 Å². The van der Waals surface area contributed by atoms with E-state index in [-0.39, 0.29) is 5.91 Å². The van der Waals surface area contributed by atoms with Crippen LogP contribution in [0.2, 0.25) is 0 Å². The number of amides is 1. The third-order valence-electron chi connectivity index (χ3n) is 5.87. The lowest BCUT2D eigenvalue weighted by atomic mass is 10.0. The fourth-order valence-electron chi connectivity index (χ4n) is 4.24. The number of nitrogens with one attached hydrogen (secondary N) is 3. The second-order valence-electron chi connectivity index (χ2n) is 8.05. The van der Waals surface area contributed by atoms with E-state index in [1.807, 2.05) is 0 Å². The Morgan fingerprint density at radius 1 is 0.929 bits per heavy atom. The zero-order valence-corrected chi connectivity index (χ0v) is 17.6. The molecule has 0 unspecified atom stereocenters. The third kappa shape index (κ3) is 5.43. The number of anilines is 1. The number of carbonyl (C=O) groups excluding carboxylic acids is 1. The minimum atomic E-state index is 0.146. The van der Waals surface area contributed by atoms with Crippen molar-refractivity contribution in [3.63, 3.8) is 0 Å². The largest absolute Gasteiger partial charge is 0.322 e. The Morgan fingerprint density at radius 3 is 2.14 bits per heavy atom. The summed E-state index contributed by atoms with van der Waals surface area (Å²) >= 11 is 0. The van der Waals surface area contributed by atoms with Crippen LogP contribution in [0.25, 0.3) is 0 Å². The van der Waals surface area contributed by atoms with Gasteiger partial charge in [-0.2, -0.15) is 0 Å². The van der Waals surface area contributed by atoms with Gasteiger partial charge in [-0.25, -0.2) is 0 Å².